The van der Waals surface area contributed by atoms with Gasteiger partial charge < -0.3 is 15.1 Å². The molecule has 9 nitrogen and oxygen atoms in total. The third-order valence-corrected chi connectivity index (χ3v) is 9.85. The summed E-state index contributed by atoms with van der Waals surface area (Å²) in [5.41, 5.74) is -2.34. The minimum Gasteiger partial charge on any atom is -0.464 e. The minimum atomic E-state index is -4.65. The number of halogens is 4. The fraction of sp³-hybridized carbons (Fsp3) is 0.444. The lowest BCUT2D eigenvalue weighted by molar-refractivity contribution is -0.137. The molecule has 15 heteroatoms. The van der Waals surface area contributed by atoms with Crippen molar-refractivity contribution in [2.45, 2.75) is 77.0 Å². The van der Waals surface area contributed by atoms with Crippen molar-refractivity contribution in [2.75, 3.05) is 0 Å². The van der Waals surface area contributed by atoms with E-state index in [9.17, 15) is 32.1 Å². The van der Waals surface area contributed by atoms with Crippen LogP contribution in [0.2, 0.25) is 0 Å². The van der Waals surface area contributed by atoms with Gasteiger partial charge in [0.2, 0.25) is 5.91 Å². The van der Waals surface area contributed by atoms with Crippen LogP contribution >= 0.6 is 11.8 Å². The van der Waals surface area contributed by atoms with Gasteiger partial charge in [-0.25, -0.2) is 27.9 Å². The topological polar surface area (TPSA) is 144 Å². The lowest BCUT2D eigenvalue weighted by atomic mass is 9.88. The van der Waals surface area contributed by atoms with Crippen molar-refractivity contribution in [3.8, 4) is 11.3 Å². The Kier molecular flexibility index (Phi) is 9.40. The zero-order chi connectivity index (χ0) is 31.9. The second-order valence-corrected chi connectivity index (χ2v) is 14.1. The van der Waals surface area contributed by atoms with Crippen molar-refractivity contribution in [3.63, 3.8) is 0 Å². The number of thioether (sulfide) groups is 1. The van der Waals surface area contributed by atoms with Gasteiger partial charge in [0.05, 0.1) is 17.6 Å². The van der Waals surface area contributed by atoms with Gasteiger partial charge in [-0.1, -0.05) is 51.6 Å². The van der Waals surface area contributed by atoms with E-state index in [-0.39, 0.29) is 38.2 Å². The average Bonchev–Trinajstić information content (AvgIpc) is 3.30. The summed E-state index contributed by atoms with van der Waals surface area (Å²) >= 11 is 0.686. The molecular weight excluding hydrogens is 600 g/mol. The van der Waals surface area contributed by atoms with Gasteiger partial charge >= 0.3 is 12.3 Å². The van der Waals surface area contributed by atoms with Gasteiger partial charge in [-0.2, -0.15) is 13.2 Å². The van der Waals surface area contributed by atoms with Crippen LogP contribution in [0.1, 0.15) is 75.8 Å². The van der Waals surface area contributed by atoms with E-state index < -0.39 is 62.8 Å². The molecule has 0 bridgehead atoms. The minimum absolute atomic E-state index is 0.0780. The third kappa shape index (κ3) is 7.06. The molecule has 2 aromatic rings. The summed E-state index contributed by atoms with van der Waals surface area (Å²) in [4.78, 5) is 30.2. The highest BCUT2D eigenvalue weighted by Gasteiger charge is 2.43. The van der Waals surface area contributed by atoms with Crippen molar-refractivity contribution < 1.29 is 41.6 Å². The van der Waals surface area contributed by atoms with E-state index in [1.807, 2.05) is 0 Å². The second kappa shape index (κ2) is 11.8. The van der Waals surface area contributed by atoms with Gasteiger partial charge in [0.15, 0.2) is 15.7 Å². The Bertz CT molecular complexity index is 1530. The summed E-state index contributed by atoms with van der Waals surface area (Å²) in [6, 6.07) is 4.17. The Morgan fingerprint density at radius 2 is 1.81 bits per heavy atom. The van der Waals surface area contributed by atoms with E-state index in [0.717, 1.165) is 29.3 Å². The van der Waals surface area contributed by atoms with E-state index >= 15 is 4.39 Å². The highest BCUT2D eigenvalue weighted by Crippen LogP contribution is 2.42. The molecule has 0 spiro atoms. The monoisotopic (exact) mass is 632 g/mol. The summed E-state index contributed by atoms with van der Waals surface area (Å²) in [7, 11) is -4.07. The van der Waals surface area contributed by atoms with Crippen LogP contribution in [0.3, 0.4) is 0 Å². The summed E-state index contributed by atoms with van der Waals surface area (Å²) in [6.45, 7) is 9.57. The van der Waals surface area contributed by atoms with Crippen LogP contribution in [-0.2, 0) is 27.3 Å². The number of nitrogens with one attached hydrogen (secondary N) is 2. The summed E-state index contributed by atoms with van der Waals surface area (Å²) in [5.74, 6) is -2.46. The number of carboxylic acid groups (broad SMARTS) is 1. The Labute approximate surface area is 245 Å². The van der Waals surface area contributed by atoms with Gasteiger partial charge in [0.1, 0.15) is 15.3 Å². The quantitative estimate of drug-likeness (QED) is 0.247. The lowest BCUT2D eigenvalue weighted by Gasteiger charge is -2.33. The number of benzene rings is 1. The fourth-order valence-electron chi connectivity index (χ4n) is 4.56. The maximum absolute atomic E-state index is 16.1. The zero-order valence-electron chi connectivity index (χ0n) is 23.7. The molecule has 0 saturated heterocycles. The number of rotatable bonds is 8. The molecule has 0 radical (unpaired) electrons. The molecule has 0 fully saturated rings. The first-order chi connectivity index (χ1) is 19.1. The van der Waals surface area contributed by atoms with Gasteiger partial charge in [-0.3, -0.25) is 4.79 Å². The van der Waals surface area contributed by atoms with E-state index in [0.29, 0.717) is 11.8 Å². The number of carbonyl (C=O) groups excluding carboxylic acids is 1. The lowest BCUT2D eigenvalue weighted by Crippen LogP contribution is -2.46. The number of pyridine rings is 1. The van der Waals surface area contributed by atoms with E-state index in [4.69, 9.17) is 9.89 Å². The standard InChI is InChI=1S/C27H32F4N4O5S2/c1-13(2)20-17(11-18(36)35-12-19(41-24(35)26(5,6)39)42(32,40)34-25(37)38)22(14(3)4)33-23(21(20)28)15-8-7-9-16(10-15)27(29,30)31/h7-10,12-14,24,39H,11H2,1-6H3,(H,37,38)(H2,32,34,40). The van der Waals surface area contributed by atoms with Crippen molar-refractivity contribution in [1.82, 2.24) is 14.6 Å². The molecule has 3 rings (SSSR count). The van der Waals surface area contributed by atoms with E-state index in [1.54, 1.807) is 32.4 Å². The van der Waals surface area contributed by atoms with Crippen molar-refractivity contribution in [2.24, 2.45) is 0 Å². The summed E-state index contributed by atoms with van der Waals surface area (Å²) in [5, 5.41) is 18.6. The predicted molar refractivity (Wildman–Crippen MR) is 151 cm³/mol. The van der Waals surface area contributed by atoms with Crippen LogP contribution in [0.25, 0.3) is 11.3 Å². The first-order valence-electron chi connectivity index (χ1n) is 12.8. The van der Waals surface area contributed by atoms with Gasteiger partial charge in [-0.05, 0) is 48.9 Å². The fourth-order valence-corrected chi connectivity index (χ4v) is 7.08. The molecule has 230 valence electrons. The highest BCUT2D eigenvalue weighted by molar-refractivity contribution is 8.19. The van der Waals surface area contributed by atoms with Gasteiger partial charge in [0.25, 0.3) is 0 Å². The Hall–Kier alpha value is -3.17. The molecule has 2 heterocycles. The first kappa shape index (κ1) is 33.3. The Morgan fingerprint density at radius 3 is 2.31 bits per heavy atom. The van der Waals surface area contributed by atoms with Crippen LogP contribution in [0, 0.1) is 10.6 Å². The van der Waals surface area contributed by atoms with Crippen LogP contribution in [0.15, 0.2) is 34.7 Å². The first-order valence-corrected chi connectivity index (χ1v) is 15.2. The average molecular weight is 633 g/mol. The summed E-state index contributed by atoms with van der Waals surface area (Å²) in [6.07, 6.45) is -5.78. The summed E-state index contributed by atoms with van der Waals surface area (Å²) < 4.78 is 78.3. The normalized spacial score (nSPS) is 17.4. The molecule has 42 heavy (non-hydrogen) atoms. The Morgan fingerprint density at radius 1 is 1.19 bits per heavy atom. The molecule has 1 aromatic carbocycles. The number of carbonyl (C=O) groups is 2. The maximum Gasteiger partial charge on any atom is 0.417 e. The zero-order valence-corrected chi connectivity index (χ0v) is 25.3. The maximum atomic E-state index is 16.1. The second-order valence-electron chi connectivity index (χ2n) is 11.0. The molecule has 1 aliphatic heterocycles. The van der Waals surface area contributed by atoms with Gasteiger partial charge in [-0.15, -0.1) is 0 Å². The number of alkyl halides is 3. The molecule has 0 aliphatic carbocycles. The van der Waals surface area contributed by atoms with Crippen molar-refractivity contribution in [3.05, 3.63) is 62.9 Å². The smallest absolute Gasteiger partial charge is 0.417 e. The molecule has 0 saturated carbocycles. The number of aromatic nitrogens is 1. The molecule has 1 aliphatic rings. The van der Waals surface area contributed by atoms with Crippen LogP contribution in [0.4, 0.5) is 22.4 Å². The molecular formula is C27H32F4N4O5S2. The largest absolute Gasteiger partial charge is 0.464 e. The van der Waals surface area contributed by atoms with Gasteiger partial charge in [0, 0.05) is 17.5 Å². The van der Waals surface area contributed by atoms with Crippen molar-refractivity contribution in [1.29, 1.82) is 4.78 Å². The molecule has 2 unspecified atom stereocenters. The number of hydrogen-bond acceptors (Lipinski definition) is 7. The van der Waals surface area contributed by atoms with Crippen LogP contribution < -0.4 is 4.72 Å². The molecule has 2 atom stereocenters. The number of nitrogens with zero attached hydrogens (tertiary/aromatic N) is 2. The highest BCUT2D eigenvalue weighted by atomic mass is 32.3. The predicted octanol–water partition coefficient (Wildman–Crippen LogP) is 6.40. The molecule has 2 amide bonds. The van der Waals surface area contributed by atoms with Crippen molar-refractivity contribution >= 4 is 33.7 Å². The SMILES string of the molecule is CC(C)c1nc(-c2cccc(C(F)(F)F)c2)c(F)c(C(C)C)c1CC(=O)N1C=C(S(=N)(=O)NC(=O)O)SC1C(C)(C)O. The number of amides is 2. The molecule has 1 aromatic heterocycles. The van der Waals surface area contributed by atoms with E-state index in [2.05, 4.69) is 4.98 Å². The van der Waals surface area contributed by atoms with Crippen LogP contribution in [0.5, 0.6) is 0 Å². The third-order valence-electron chi connectivity index (χ3n) is 6.36. The Balaban J connectivity index is 2.17. The number of aliphatic hydroxyl groups is 1. The number of hydrogen-bond donors (Lipinski definition) is 4. The molecule has 4 N–H and O–H groups in total. The van der Waals surface area contributed by atoms with Crippen LogP contribution in [-0.4, -0.2) is 47.3 Å². The van der Waals surface area contributed by atoms with E-state index in [1.165, 1.54) is 19.9 Å².